The number of rotatable bonds is 7. The lowest BCUT2D eigenvalue weighted by molar-refractivity contribution is 0.106. The highest BCUT2D eigenvalue weighted by Gasteiger charge is 2.09. The third-order valence-corrected chi connectivity index (χ3v) is 3.66. The molecule has 1 aromatic carbocycles. The van der Waals surface area contributed by atoms with Crippen molar-refractivity contribution in [1.29, 1.82) is 0 Å². The molecule has 0 amide bonds. The molecule has 3 heteroatoms. The van der Waals surface area contributed by atoms with E-state index in [9.17, 15) is 0 Å². The van der Waals surface area contributed by atoms with Gasteiger partial charge in [0, 0.05) is 17.6 Å². The van der Waals surface area contributed by atoms with Crippen molar-refractivity contribution in [1.82, 2.24) is 5.32 Å². The lowest BCUT2D eigenvalue weighted by Crippen LogP contribution is -2.28. The van der Waals surface area contributed by atoms with Gasteiger partial charge in [0.2, 0.25) is 0 Å². The number of ether oxygens (including phenoxy) is 1. The maximum absolute atomic E-state index is 5.28. The van der Waals surface area contributed by atoms with Crippen molar-refractivity contribution in [2.45, 2.75) is 38.3 Å². The number of methoxy groups -OCH3 is 1. The van der Waals surface area contributed by atoms with Crippen LogP contribution in [0, 0.1) is 0 Å². The van der Waals surface area contributed by atoms with E-state index in [2.05, 4.69) is 52.4 Å². The number of hydrogen-bond donors (Lipinski definition) is 1. The summed E-state index contributed by atoms with van der Waals surface area (Å²) in [6, 6.07) is 9.07. The van der Waals surface area contributed by atoms with Gasteiger partial charge in [-0.2, -0.15) is 0 Å². The smallest absolute Gasteiger partial charge is 0.0543 e. The van der Waals surface area contributed by atoms with E-state index in [1.54, 1.807) is 7.11 Å². The maximum Gasteiger partial charge on any atom is 0.0543 e. The maximum atomic E-state index is 5.28. The summed E-state index contributed by atoms with van der Waals surface area (Å²) in [7, 11) is 3.80. The van der Waals surface area contributed by atoms with Gasteiger partial charge in [-0.1, -0.05) is 28.1 Å². The monoisotopic (exact) mass is 299 g/mol. The number of likely N-dealkylation sites (N-methyl/N-ethyl adjacent to an activating group) is 1. The summed E-state index contributed by atoms with van der Waals surface area (Å²) in [4.78, 5) is 0. The molecule has 0 aliphatic carbocycles. The first-order valence-corrected chi connectivity index (χ1v) is 6.89. The number of hydrogen-bond acceptors (Lipinski definition) is 2. The molecule has 0 radical (unpaired) electrons. The Hall–Kier alpha value is -0.380. The molecule has 1 N–H and O–H groups in total. The van der Waals surface area contributed by atoms with Crippen LogP contribution >= 0.6 is 15.9 Å². The fraction of sp³-hybridized carbons (Fsp3) is 0.571. The third-order valence-electron chi connectivity index (χ3n) is 3.13. The molecule has 96 valence electrons. The first kappa shape index (κ1) is 14.7. The second kappa shape index (κ2) is 7.85. The van der Waals surface area contributed by atoms with Crippen molar-refractivity contribution in [3.05, 3.63) is 34.3 Å². The second-order valence-electron chi connectivity index (χ2n) is 4.44. The Morgan fingerprint density at radius 3 is 2.41 bits per heavy atom. The van der Waals surface area contributed by atoms with Gasteiger partial charge in [0.15, 0.2) is 0 Å². The van der Waals surface area contributed by atoms with Gasteiger partial charge in [-0.15, -0.1) is 0 Å². The normalized spacial score (nSPS) is 14.6. The molecule has 1 rings (SSSR count). The van der Waals surface area contributed by atoms with Crippen LogP contribution in [-0.2, 0) is 11.2 Å². The van der Waals surface area contributed by atoms with Crippen LogP contribution in [0.15, 0.2) is 28.7 Å². The zero-order valence-corrected chi connectivity index (χ0v) is 12.5. The molecule has 0 fully saturated rings. The lowest BCUT2D eigenvalue weighted by Gasteiger charge is -2.18. The highest BCUT2D eigenvalue weighted by Crippen LogP contribution is 2.14. The van der Waals surface area contributed by atoms with Crippen LogP contribution in [0.2, 0.25) is 0 Å². The fourth-order valence-electron chi connectivity index (χ4n) is 1.81. The zero-order chi connectivity index (χ0) is 12.7. The van der Waals surface area contributed by atoms with Crippen LogP contribution in [0.4, 0.5) is 0 Å². The topological polar surface area (TPSA) is 21.3 Å². The van der Waals surface area contributed by atoms with Crippen LogP contribution in [0.25, 0.3) is 0 Å². The summed E-state index contributed by atoms with van der Waals surface area (Å²) in [5, 5.41) is 3.38. The lowest BCUT2D eigenvalue weighted by atomic mass is 10.0. The van der Waals surface area contributed by atoms with E-state index in [1.807, 2.05) is 7.05 Å². The largest absolute Gasteiger partial charge is 0.382 e. The van der Waals surface area contributed by atoms with Gasteiger partial charge in [-0.25, -0.2) is 0 Å². The van der Waals surface area contributed by atoms with Gasteiger partial charge < -0.3 is 10.1 Å². The Kier molecular flexibility index (Phi) is 6.78. The molecule has 2 unspecified atom stereocenters. The van der Waals surface area contributed by atoms with E-state index in [4.69, 9.17) is 4.74 Å². The molecular formula is C14H22BrNO. The van der Waals surface area contributed by atoms with Crippen molar-refractivity contribution in [3.63, 3.8) is 0 Å². The van der Waals surface area contributed by atoms with Gasteiger partial charge in [0.1, 0.15) is 0 Å². The van der Waals surface area contributed by atoms with Crippen LogP contribution < -0.4 is 5.32 Å². The van der Waals surface area contributed by atoms with Gasteiger partial charge >= 0.3 is 0 Å². The number of halogens is 1. The molecule has 0 saturated heterocycles. The Bertz CT molecular complexity index is 313. The Morgan fingerprint density at radius 2 is 1.88 bits per heavy atom. The molecule has 2 atom stereocenters. The molecule has 0 aromatic heterocycles. The van der Waals surface area contributed by atoms with Crippen LogP contribution in [0.3, 0.4) is 0 Å². The van der Waals surface area contributed by atoms with Crippen molar-refractivity contribution in [2.24, 2.45) is 0 Å². The minimum Gasteiger partial charge on any atom is -0.382 e. The first-order chi connectivity index (χ1) is 8.15. The van der Waals surface area contributed by atoms with Gasteiger partial charge in [0.25, 0.3) is 0 Å². The predicted molar refractivity (Wildman–Crippen MR) is 76.4 cm³/mol. The van der Waals surface area contributed by atoms with Crippen LogP contribution in [0.5, 0.6) is 0 Å². The van der Waals surface area contributed by atoms with E-state index in [-0.39, 0.29) is 0 Å². The second-order valence-corrected chi connectivity index (χ2v) is 5.36. The van der Waals surface area contributed by atoms with Crippen molar-refractivity contribution in [2.75, 3.05) is 14.2 Å². The van der Waals surface area contributed by atoms with Crippen LogP contribution in [-0.4, -0.2) is 26.3 Å². The Balaban J connectivity index is 2.43. The van der Waals surface area contributed by atoms with Gasteiger partial charge in [0.05, 0.1) is 6.10 Å². The summed E-state index contributed by atoms with van der Waals surface area (Å²) in [5.41, 5.74) is 1.37. The molecular weight excluding hydrogens is 278 g/mol. The minimum absolute atomic E-state index is 0.343. The quantitative estimate of drug-likeness (QED) is 0.833. The van der Waals surface area contributed by atoms with E-state index in [0.29, 0.717) is 12.1 Å². The summed E-state index contributed by atoms with van der Waals surface area (Å²) in [6.07, 6.45) is 3.65. The molecule has 0 bridgehead atoms. The summed E-state index contributed by atoms with van der Waals surface area (Å²) < 4.78 is 6.41. The van der Waals surface area contributed by atoms with Gasteiger partial charge in [-0.05, 0) is 50.9 Å². The molecule has 0 aliphatic rings. The molecule has 0 aliphatic heterocycles. The zero-order valence-electron chi connectivity index (χ0n) is 10.9. The molecule has 1 aromatic rings. The van der Waals surface area contributed by atoms with Gasteiger partial charge in [-0.3, -0.25) is 0 Å². The third kappa shape index (κ3) is 5.66. The SMILES string of the molecule is CNC(CCC(C)OC)Cc1ccc(Br)cc1. The molecule has 2 nitrogen and oxygen atoms in total. The van der Waals surface area contributed by atoms with Crippen molar-refractivity contribution in [3.8, 4) is 0 Å². The highest BCUT2D eigenvalue weighted by atomic mass is 79.9. The highest BCUT2D eigenvalue weighted by molar-refractivity contribution is 9.10. The molecule has 17 heavy (non-hydrogen) atoms. The van der Waals surface area contributed by atoms with Crippen LogP contribution in [0.1, 0.15) is 25.3 Å². The Labute approximate surface area is 113 Å². The summed E-state index contributed by atoms with van der Waals surface area (Å²) in [5.74, 6) is 0. The number of benzene rings is 1. The summed E-state index contributed by atoms with van der Waals surface area (Å²) in [6.45, 7) is 2.12. The van der Waals surface area contributed by atoms with E-state index >= 15 is 0 Å². The van der Waals surface area contributed by atoms with E-state index in [0.717, 1.165) is 23.7 Å². The fourth-order valence-corrected chi connectivity index (χ4v) is 2.07. The van der Waals surface area contributed by atoms with Crippen molar-refractivity contribution < 1.29 is 4.74 Å². The number of nitrogens with one attached hydrogen (secondary N) is 1. The molecule has 0 spiro atoms. The van der Waals surface area contributed by atoms with E-state index < -0.39 is 0 Å². The Morgan fingerprint density at radius 1 is 1.24 bits per heavy atom. The average molecular weight is 300 g/mol. The summed E-state index contributed by atoms with van der Waals surface area (Å²) >= 11 is 3.46. The average Bonchev–Trinajstić information content (AvgIpc) is 2.36. The first-order valence-electron chi connectivity index (χ1n) is 6.10. The standard InChI is InChI=1S/C14H22BrNO/c1-11(17-3)4-9-14(16-2)10-12-5-7-13(15)8-6-12/h5-8,11,14,16H,4,9-10H2,1-3H3. The van der Waals surface area contributed by atoms with E-state index in [1.165, 1.54) is 5.56 Å². The molecule has 0 heterocycles. The van der Waals surface area contributed by atoms with Crippen molar-refractivity contribution >= 4 is 15.9 Å². The molecule has 0 saturated carbocycles. The minimum atomic E-state index is 0.343. The predicted octanol–water partition coefficient (Wildman–Crippen LogP) is 3.39.